The molecule has 0 radical (unpaired) electrons. The van der Waals surface area contributed by atoms with Gasteiger partial charge >= 0.3 is 0 Å². The van der Waals surface area contributed by atoms with Crippen molar-refractivity contribution in [3.8, 4) is 0 Å². The van der Waals surface area contributed by atoms with Gasteiger partial charge in [0.05, 0.1) is 10.0 Å². The van der Waals surface area contributed by atoms with Gasteiger partial charge in [0, 0.05) is 18.0 Å². The lowest BCUT2D eigenvalue weighted by molar-refractivity contribution is 0.701. The third-order valence-electron chi connectivity index (χ3n) is 2.19. The minimum absolute atomic E-state index is 0. The number of halogens is 3. The number of benzene rings is 1. The van der Waals surface area contributed by atoms with Gasteiger partial charge in [0.1, 0.15) is 0 Å². The van der Waals surface area contributed by atoms with Crippen LogP contribution >= 0.6 is 46.9 Å². The Kier molecular flexibility index (Phi) is 6.31. The minimum Gasteiger partial charge on any atom is -0.308 e. The van der Waals surface area contributed by atoms with E-state index < -0.39 is 0 Å². The number of thiophene rings is 1. The van der Waals surface area contributed by atoms with E-state index in [2.05, 4.69) is 22.8 Å². The van der Waals surface area contributed by atoms with Crippen molar-refractivity contribution in [3.63, 3.8) is 0 Å². The molecule has 2 rings (SSSR count). The Morgan fingerprint density at radius 2 is 1.88 bits per heavy atom. The summed E-state index contributed by atoms with van der Waals surface area (Å²) in [5.41, 5.74) is 1.14. The van der Waals surface area contributed by atoms with Crippen LogP contribution < -0.4 is 5.32 Å². The second-order valence-corrected chi connectivity index (χ2v) is 5.28. The average molecular weight is 309 g/mol. The molecule has 1 nitrogen and oxygen atoms in total. The number of hydrogen-bond donors (Lipinski definition) is 1. The maximum absolute atomic E-state index is 5.93. The first-order valence-corrected chi connectivity index (χ1v) is 6.56. The van der Waals surface area contributed by atoms with Gasteiger partial charge in [-0.2, -0.15) is 0 Å². The van der Waals surface area contributed by atoms with E-state index in [4.69, 9.17) is 23.2 Å². The van der Waals surface area contributed by atoms with Crippen LogP contribution in [0.1, 0.15) is 10.4 Å². The molecule has 1 heterocycles. The lowest BCUT2D eigenvalue weighted by Gasteiger charge is -2.04. The Balaban J connectivity index is 0.00000144. The molecule has 0 saturated carbocycles. The van der Waals surface area contributed by atoms with Gasteiger partial charge in [-0.05, 0) is 29.1 Å². The Labute approximate surface area is 121 Å². The summed E-state index contributed by atoms with van der Waals surface area (Å²) in [6.45, 7) is 1.69. The molecule has 5 heteroatoms. The molecule has 0 fully saturated rings. The Bertz CT molecular complexity index is 457. The zero-order valence-electron chi connectivity index (χ0n) is 8.95. The van der Waals surface area contributed by atoms with E-state index in [0.717, 1.165) is 18.7 Å². The summed E-state index contributed by atoms with van der Waals surface area (Å²) in [7, 11) is 0. The quantitative estimate of drug-likeness (QED) is 0.858. The second kappa shape index (κ2) is 7.24. The predicted octanol–water partition coefficient (Wildman–Crippen LogP) is 4.77. The van der Waals surface area contributed by atoms with Crippen molar-refractivity contribution in [3.05, 3.63) is 56.2 Å². The third-order valence-corrected chi connectivity index (χ3v) is 3.81. The highest BCUT2D eigenvalue weighted by molar-refractivity contribution is 7.09. The molecule has 0 unspecified atom stereocenters. The lowest BCUT2D eigenvalue weighted by atomic mass is 10.2. The number of rotatable bonds is 4. The zero-order chi connectivity index (χ0) is 11.4. The third kappa shape index (κ3) is 4.49. The van der Waals surface area contributed by atoms with Crippen LogP contribution in [0.3, 0.4) is 0 Å². The molecule has 1 aromatic heterocycles. The maximum atomic E-state index is 5.93. The first-order chi connectivity index (χ1) is 7.75. The molecule has 0 aliphatic heterocycles. The van der Waals surface area contributed by atoms with Crippen LogP contribution in [-0.2, 0) is 13.1 Å². The highest BCUT2D eigenvalue weighted by Gasteiger charge is 1.99. The molecule has 1 aromatic carbocycles. The Morgan fingerprint density at radius 3 is 2.53 bits per heavy atom. The van der Waals surface area contributed by atoms with E-state index in [1.807, 2.05) is 18.2 Å². The summed E-state index contributed by atoms with van der Waals surface area (Å²) < 4.78 is 0. The smallest absolute Gasteiger partial charge is 0.0595 e. The summed E-state index contributed by atoms with van der Waals surface area (Å²) in [6.07, 6.45) is 0. The van der Waals surface area contributed by atoms with Crippen LogP contribution in [0.15, 0.2) is 35.7 Å². The Hall–Kier alpha value is -0.250. The SMILES string of the molecule is Cl.Clc1ccc(CNCc2cccs2)cc1Cl. The van der Waals surface area contributed by atoms with Crippen molar-refractivity contribution in [1.29, 1.82) is 0 Å². The molecule has 0 amide bonds. The van der Waals surface area contributed by atoms with Crippen LogP contribution in [0.5, 0.6) is 0 Å². The molecule has 1 N–H and O–H groups in total. The van der Waals surface area contributed by atoms with E-state index >= 15 is 0 Å². The van der Waals surface area contributed by atoms with Crippen LogP contribution in [0.4, 0.5) is 0 Å². The molecular formula is C12H12Cl3NS. The van der Waals surface area contributed by atoms with E-state index in [1.165, 1.54) is 4.88 Å². The lowest BCUT2D eigenvalue weighted by Crippen LogP contribution is -2.11. The van der Waals surface area contributed by atoms with E-state index in [1.54, 1.807) is 11.3 Å². The Morgan fingerprint density at radius 1 is 1.06 bits per heavy atom. The van der Waals surface area contributed by atoms with Gasteiger partial charge in [-0.1, -0.05) is 35.3 Å². The number of hydrogen-bond acceptors (Lipinski definition) is 2. The van der Waals surface area contributed by atoms with Gasteiger partial charge < -0.3 is 5.32 Å². The van der Waals surface area contributed by atoms with Gasteiger partial charge in [-0.3, -0.25) is 0 Å². The highest BCUT2D eigenvalue weighted by Crippen LogP contribution is 2.22. The summed E-state index contributed by atoms with van der Waals surface area (Å²) in [5.74, 6) is 0. The van der Waals surface area contributed by atoms with Crippen molar-refractivity contribution in [2.75, 3.05) is 0 Å². The molecule has 0 aliphatic carbocycles. The fourth-order valence-corrected chi connectivity index (χ4v) is 2.39. The van der Waals surface area contributed by atoms with Crippen molar-refractivity contribution in [2.45, 2.75) is 13.1 Å². The zero-order valence-corrected chi connectivity index (χ0v) is 12.1. The first kappa shape index (κ1) is 14.8. The van der Waals surface area contributed by atoms with E-state index in [9.17, 15) is 0 Å². The van der Waals surface area contributed by atoms with Gasteiger partial charge in [0.15, 0.2) is 0 Å². The molecule has 92 valence electrons. The minimum atomic E-state index is 0. The number of nitrogens with one attached hydrogen (secondary N) is 1. The normalized spacial score (nSPS) is 10.0. The molecule has 2 aromatic rings. The summed E-state index contributed by atoms with van der Waals surface area (Å²) in [5, 5.41) is 6.65. The van der Waals surface area contributed by atoms with Crippen LogP contribution in [0.2, 0.25) is 10.0 Å². The first-order valence-electron chi connectivity index (χ1n) is 4.93. The standard InChI is InChI=1S/C12H11Cl2NS.ClH/c13-11-4-3-9(6-12(11)14)7-15-8-10-2-1-5-16-10;/h1-6,15H,7-8H2;1H. The van der Waals surface area contributed by atoms with Crippen LogP contribution in [0, 0.1) is 0 Å². The maximum Gasteiger partial charge on any atom is 0.0595 e. The average Bonchev–Trinajstić information content (AvgIpc) is 2.76. The van der Waals surface area contributed by atoms with Gasteiger partial charge in [-0.25, -0.2) is 0 Å². The van der Waals surface area contributed by atoms with Crippen molar-refractivity contribution in [1.82, 2.24) is 5.32 Å². The molecule has 17 heavy (non-hydrogen) atoms. The summed E-state index contributed by atoms with van der Waals surface area (Å²) in [6, 6.07) is 9.88. The van der Waals surface area contributed by atoms with Crippen molar-refractivity contribution in [2.24, 2.45) is 0 Å². The fraction of sp³-hybridized carbons (Fsp3) is 0.167. The summed E-state index contributed by atoms with van der Waals surface area (Å²) >= 11 is 13.5. The van der Waals surface area contributed by atoms with Crippen LogP contribution in [0.25, 0.3) is 0 Å². The van der Waals surface area contributed by atoms with E-state index in [0.29, 0.717) is 10.0 Å². The fourth-order valence-electron chi connectivity index (χ4n) is 1.39. The molecular weight excluding hydrogens is 297 g/mol. The van der Waals surface area contributed by atoms with Crippen LogP contribution in [-0.4, -0.2) is 0 Å². The van der Waals surface area contributed by atoms with Gasteiger partial charge in [0.2, 0.25) is 0 Å². The highest BCUT2D eigenvalue weighted by atomic mass is 35.5. The monoisotopic (exact) mass is 307 g/mol. The molecule has 0 aliphatic rings. The van der Waals surface area contributed by atoms with Gasteiger partial charge in [0.25, 0.3) is 0 Å². The predicted molar refractivity (Wildman–Crippen MR) is 78.6 cm³/mol. The molecule has 0 bridgehead atoms. The molecule has 0 saturated heterocycles. The van der Waals surface area contributed by atoms with E-state index in [-0.39, 0.29) is 12.4 Å². The van der Waals surface area contributed by atoms with Crippen molar-refractivity contribution < 1.29 is 0 Å². The largest absolute Gasteiger partial charge is 0.308 e. The summed E-state index contributed by atoms with van der Waals surface area (Å²) in [4.78, 5) is 1.33. The molecule has 0 spiro atoms. The van der Waals surface area contributed by atoms with Gasteiger partial charge in [-0.15, -0.1) is 23.7 Å². The molecule has 0 atom stereocenters. The second-order valence-electron chi connectivity index (χ2n) is 3.43. The topological polar surface area (TPSA) is 12.0 Å². The van der Waals surface area contributed by atoms with Crippen molar-refractivity contribution >= 4 is 46.9 Å².